The Morgan fingerprint density at radius 1 is 1.58 bits per heavy atom. The highest BCUT2D eigenvalue weighted by Crippen LogP contribution is 2.30. The lowest BCUT2D eigenvalue weighted by Gasteiger charge is -2.06. The summed E-state index contributed by atoms with van der Waals surface area (Å²) in [7, 11) is 1.71. The van der Waals surface area contributed by atoms with Gasteiger partial charge >= 0.3 is 0 Å². The first kappa shape index (κ1) is 13.4. The minimum Gasteiger partial charge on any atom is -0.372 e. The summed E-state index contributed by atoms with van der Waals surface area (Å²) >= 11 is 2.91. The van der Waals surface area contributed by atoms with Gasteiger partial charge in [-0.1, -0.05) is 0 Å². The van der Waals surface area contributed by atoms with Crippen molar-refractivity contribution < 1.29 is 9.31 Å². The Morgan fingerprint density at radius 3 is 2.89 bits per heavy atom. The molecule has 19 heavy (non-hydrogen) atoms. The predicted molar refractivity (Wildman–Crippen MR) is 69.1 cm³/mol. The van der Waals surface area contributed by atoms with Gasteiger partial charge in [-0.2, -0.15) is 5.10 Å². The van der Waals surface area contributed by atoms with Gasteiger partial charge in [-0.25, -0.2) is 9.37 Å². The van der Waals surface area contributed by atoms with Crippen LogP contribution in [0.5, 0.6) is 0 Å². The van der Waals surface area contributed by atoms with E-state index in [4.69, 9.17) is 0 Å². The summed E-state index contributed by atoms with van der Waals surface area (Å²) in [6.07, 6.45) is 1.51. The summed E-state index contributed by atoms with van der Waals surface area (Å²) in [5.41, 5.74) is -0.137. The van der Waals surface area contributed by atoms with Gasteiger partial charge in [-0.3, -0.25) is 14.8 Å². The molecule has 1 N–H and O–H groups in total. The molecule has 0 radical (unpaired) electrons. The van der Waals surface area contributed by atoms with E-state index in [2.05, 4.69) is 31.3 Å². The van der Waals surface area contributed by atoms with Gasteiger partial charge in [-0.15, -0.1) is 0 Å². The molecule has 0 saturated carbocycles. The number of hydrogen-bond donors (Lipinski definition) is 1. The molecule has 0 unspecified atom stereocenters. The molecule has 9 heteroatoms. The normalized spacial score (nSPS) is 10.5. The molecular formula is C10H9BrFN5O2. The summed E-state index contributed by atoms with van der Waals surface area (Å²) in [4.78, 5) is 14.3. The van der Waals surface area contributed by atoms with Crippen molar-refractivity contribution in [1.82, 2.24) is 14.8 Å². The van der Waals surface area contributed by atoms with E-state index >= 15 is 0 Å². The van der Waals surface area contributed by atoms with E-state index in [0.717, 1.165) is 12.1 Å². The van der Waals surface area contributed by atoms with Gasteiger partial charge in [0.1, 0.15) is 17.8 Å². The Bertz CT molecular complexity index is 630. The van der Waals surface area contributed by atoms with Crippen LogP contribution in [0.1, 0.15) is 5.82 Å². The third-order valence-corrected chi connectivity index (χ3v) is 2.93. The van der Waals surface area contributed by atoms with Gasteiger partial charge in [0.05, 0.1) is 15.9 Å². The monoisotopic (exact) mass is 329 g/mol. The lowest BCUT2D eigenvalue weighted by molar-refractivity contribution is -0.384. The van der Waals surface area contributed by atoms with Crippen LogP contribution in [0.3, 0.4) is 0 Å². The van der Waals surface area contributed by atoms with Crippen molar-refractivity contribution in [1.29, 1.82) is 0 Å². The maximum absolute atomic E-state index is 13.4. The third kappa shape index (κ3) is 3.05. The molecule has 0 aliphatic heterocycles. The topological polar surface area (TPSA) is 85.9 Å². The van der Waals surface area contributed by atoms with Crippen LogP contribution in [0.4, 0.5) is 15.8 Å². The number of halogens is 2. The van der Waals surface area contributed by atoms with Crippen molar-refractivity contribution in [3.63, 3.8) is 0 Å². The molecule has 0 fully saturated rings. The van der Waals surface area contributed by atoms with Crippen LogP contribution in [0, 0.1) is 15.9 Å². The summed E-state index contributed by atoms with van der Waals surface area (Å²) in [5.74, 6) is -0.123. The number of nitro benzene ring substituents is 1. The third-order valence-electron chi connectivity index (χ3n) is 2.32. The number of benzene rings is 1. The summed E-state index contributed by atoms with van der Waals surface area (Å²) in [5, 5.41) is 17.6. The molecule has 2 rings (SSSR count). The van der Waals surface area contributed by atoms with Crippen LogP contribution < -0.4 is 5.32 Å². The number of nitrogens with zero attached hydrogens (tertiary/aromatic N) is 4. The van der Waals surface area contributed by atoms with E-state index in [9.17, 15) is 14.5 Å². The number of hydrogen-bond acceptors (Lipinski definition) is 5. The molecule has 0 saturated heterocycles. The Hall–Kier alpha value is -2.03. The van der Waals surface area contributed by atoms with Crippen molar-refractivity contribution in [2.45, 2.75) is 6.54 Å². The van der Waals surface area contributed by atoms with E-state index in [1.165, 1.54) is 11.0 Å². The van der Waals surface area contributed by atoms with Crippen molar-refractivity contribution >= 4 is 27.3 Å². The molecular weight excluding hydrogens is 321 g/mol. The Labute approximate surface area is 115 Å². The molecule has 1 aromatic carbocycles. The maximum Gasteiger partial charge on any atom is 0.293 e. The fourth-order valence-electron chi connectivity index (χ4n) is 1.47. The zero-order valence-corrected chi connectivity index (χ0v) is 11.4. The highest BCUT2D eigenvalue weighted by Gasteiger charge is 2.17. The fraction of sp³-hybridized carbons (Fsp3) is 0.200. The molecule has 0 aliphatic carbocycles. The minimum absolute atomic E-state index is 0.0423. The largest absolute Gasteiger partial charge is 0.372 e. The lowest BCUT2D eigenvalue weighted by Crippen LogP contribution is -2.05. The van der Waals surface area contributed by atoms with Crippen LogP contribution in [0.25, 0.3) is 0 Å². The van der Waals surface area contributed by atoms with E-state index in [0.29, 0.717) is 5.82 Å². The summed E-state index contributed by atoms with van der Waals surface area (Å²) in [6.45, 7) is 0.169. The Kier molecular flexibility index (Phi) is 3.74. The van der Waals surface area contributed by atoms with Crippen molar-refractivity contribution in [3.05, 3.63) is 44.7 Å². The summed E-state index contributed by atoms with van der Waals surface area (Å²) in [6, 6.07) is 2.18. The van der Waals surface area contributed by atoms with E-state index in [1.54, 1.807) is 7.05 Å². The van der Waals surface area contributed by atoms with Gasteiger partial charge < -0.3 is 5.32 Å². The lowest BCUT2D eigenvalue weighted by atomic mass is 10.2. The van der Waals surface area contributed by atoms with Crippen LogP contribution in [0.2, 0.25) is 0 Å². The predicted octanol–water partition coefficient (Wildman–Crippen LogP) is 2.24. The second-order valence-electron chi connectivity index (χ2n) is 3.73. The number of rotatable bonds is 4. The number of anilines is 1. The van der Waals surface area contributed by atoms with Crippen molar-refractivity contribution in [2.75, 3.05) is 5.32 Å². The minimum atomic E-state index is -0.585. The zero-order chi connectivity index (χ0) is 14.0. The fourth-order valence-corrected chi connectivity index (χ4v) is 1.80. The van der Waals surface area contributed by atoms with Gasteiger partial charge in [0.2, 0.25) is 0 Å². The smallest absolute Gasteiger partial charge is 0.293 e. The molecule has 1 heterocycles. The first-order chi connectivity index (χ1) is 8.97. The average Bonchev–Trinajstić information content (AvgIpc) is 2.76. The molecule has 0 atom stereocenters. The number of nitrogens with one attached hydrogen (secondary N) is 1. The van der Waals surface area contributed by atoms with E-state index in [1.807, 2.05) is 0 Å². The van der Waals surface area contributed by atoms with Gasteiger partial charge in [0.25, 0.3) is 5.69 Å². The number of aromatic nitrogens is 3. The molecule has 0 aliphatic rings. The van der Waals surface area contributed by atoms with Crippen LogP contribution >= 0.6 is 15.9 Å². The molecule has 0 bridgehead atoms. The van der Waals surface area contributed by atoms with E-state index < -0.39 is 10.7 Å². The molecule has 2 aromatic rings. The molecule has 100 valence electrons. The second-order valence-corrected chi connectivity index (χ2v) is 4.58. The van der Waals surface area contributed by atoms with Gasteiger partial charge in [0, 0.05) is 19.2 Å². The van der Waals surface area contributed by atoms with Gasteiger partial charge in [0.15, 0.2) is 5.82 Å². The second kappa shape index (κ2) is 5.31. The quantitative estimate of drug-likeness (QED) is 0.686. The Morgan fingerprint density at radius 2 is 2.32 bits per heavy atom. The Balaban J connectivity index is 2.23. The van der Waals surface area contributed by atoms with Crippen LogP contribution in [-0.2, 0) is 13.6 Å². The summed E-state index contributed by atoms with van der Waals surface area (Å²) < 4.78 is 15.0. The number of nitro groups is 1. The standard InChI is InChI=1S/C10H9BrFN5O2/c1-16-5-14-10(15-16)4-13-8-3-7(12)6(11)2-9(8)17(18)19/h2-3,5,13H,4H2,1H3. The van der Waals surface area contributed by atoms with Crippen LogP contribution in [-0.4, -0.2) is 19.7 Å². The first-order valence-electron chi connectivity index (χ1n) is 5.19. The molecule has 7 nitrogen and oxygen atoms in total. The molecule has 0 amide bonds. The molecule has 1 aromatic heterocycles. The average molecular weight is 330 g/mol. The zero-order valence-electron chi connectivity index (χ0n) is 9.80. The number of aryl methyl sites for hydroxylation is 1. The van der Waals surface area contributed by atoms with Crippen molar-refractivity contribution in [2.24, 2.45) is 7.05 Å². The highest BCUT2D eigenvalue weighted by atomic mass is 79.9. The maximum atomic E-state index is 13.4. The first-order valence-corrected chi connectivity index (χ1v) is 5.98. The SMILES string of the molecule is Cn1cnc(CNc2cc(F)c(Br)cc2[N+](=O)[O-])n1. The van der Waals surface area contributed by atoms with Crippen LogP contribution in [0.15, 0.2) is 22.9 Å². The van der Waals surface area contributed by atoms with Gasteiger partial charge in [-0.05, 0) is 15.9 Å². The van der Waals surface area contributed by atoms with E-state index in [-0.39, 0.29) is 22.4 Å². The highest BCUT2D eigenvalue weighted by molar-refractivity contribution is 9.10. The van der Waals surface area contributed by atoms with Crippen molar-refractivity contribution in [3.8, 4) is 0 Å². The molecule has 0 spiro atoms.